The Bertz CT molecular complexity index is 1250. The number of pyridine rings is 1. The van der Waals surface area contributed by atoms with Crippen LogP contribution in [0, 0.1) is 0 Å². The topological polar surface area (TPSA) is 65.1 Å². The molecule has 1 aromatic carbocycles. The summed E-state index contributed by atoms with van der Waals surface area (Å²) in [6.45, 7) is 4.38. The van der Waals surface area contributed by atoms with E-state index < -0.39 is 0 Å². The maximum absolute atomic E-state index is 12.3. The molecule has 3 aromatic heterocycles. The van der Waals surface area contributed by atoms with Crippen LogP contribution in [0.3, 0.4) is 0 Å². The van der Waals surface area contributed by atoms with E-state index in [9.17, 15) is 4.79 Å². The molecule has 0 unspecified atom stereocenters. The molecule has 29 heavy (non-hydrogen) atoms. The molecular formula is C20H15Cl2N5OS. The molecule has 4 rings (SSSR count). The van der Waals surface area contributed by atoms with Crippen LogP contribution in [0.2, 0.25) is 10.0 Å². The van der Waals surface area contributed by atoms with E-state index in [-0.39, 0.29) is 5.56 Å². The Morgan fingerprint density at radius 2 is 1.83 bits per heavy atom. The molecule has 0 atom stereocenters. The highest BCUT2D eigenvalue weighted by Crippen LogP contribution is 2.27. The number of hydrogen-bond donors (Lipinski definition) is 0. The summed E-state index contributed by atoms with van der Waals surface area (Å²) in [4.78, 5) is 16.9. The summed E-state index contributed by atoms with van der Waals surface area (Å²) in [5.41, 5.74) is 1.94. The number of thioether (sulfide) groups is 1. The first-order valence-corrected chi connectivity index (χ1v) is 10.4. The van der Waals surface area contributed by atoms with Gasteiger partial charge in [0.25, 0.3) is 5.56 Å². The second-order valence-electron chi connectivity index (χ2n) is 6.16. The number of fused-ring (bicyclic) bond motifs is 1. The molecule has 4 aromatic rings. The van der Waals surface area contributed by atoms with E-state index in [0.29, 0.717) is 38.8 Å². The van der Waals surface area contributed by atoms with Gasteiger partial charge >= 0.3 is 0 Å². The zero-order valence-corrected chi connectivity index (χ0v) is 17.5. The first-order valence-electron chi connectivity index (χ1n) is 8.66. The number of halogens is 2. The van der Waals surface area contributed by atoms with Gasteiger partial charge in [-0.2, -0.15) is 0 Å². The van der Waals surface area contributed by atoms with E-state index in [1.54, 1.807) is 24.4 Å². The van der Waals surface area contributed by atoms with Crippen molar-refractivity contribution < 1.29 is 0 Å². The molecule has 3 heterocycles. The molecule has 0 aliphatic carbocycles. The molecule has 0 fully saturated rings. The van der Waals surface area contributed by atoms with Crippen LogP contribution in [-0.4, -0.2) is 24.1 Å². The third-order valence-corrected chi connectivity index (χ3v) is 5.63. The fourth-order valence-corrected chi connectivity index (χ4v) is 3.97. The van der Waals surface area contributed by atoms with Gasteiger partial charge in [-0.25, -0.2) is 4.98 Å². The molecule has 0 aliphatic heterocycles. The van der Waals surface area contributed by atoms with Gasteiger partial charge in [-0.15, -0.1) is 16.8 Å². The molecule has 0 saturated heterocycles. The van der Waals surface area contributed by atoms with Gasteiger partial charge in [-0.1, -0.05) is 41.0 Å². The lowest BCUT2D eigenvalue weighted by atomic mass is 10.2. The number of nitrogens with zero attached hydrogens (tertiary/aromatic N) is 5. The van der Waals surface area contributed by atoms with Crippen LogP contribution in [0.25, 0.3) is 17.0 Å². The predicted octanol–water partition coefficient (Wildman–Crippen LogP) is 4.74. The van der Waals surface area contributed by atoms with E-state index in [4.69, 9.17) is 23.2 Å². The van der Waals surface area contributed by atoms with Crippen molar-refractivity contribution in [3.8, 4) is 11.4 Å². The summed E-state index contributed by atoms with van der Waals surface area (Å²) in [5, 5.41) is 10.5. The molecule has 0 spiro atoms. The van der Waals surface area contributed by atoms with Crippen LogP contribution < -0.4 is 5.56 Å². The van der Waals surface area contributed by atoms with Gasteiger partial charge < -0.3 is 0 Å². The third kappa shape index (κ3) is 4.22. The van der Waals surface area contributed by atoms with E-state index in [1.807, 2.05) is 28.8 Å². The fourth-order valence-electron chi connectivity index (χ4n) is 2.84. The van der Waals surface area contributed by atoms with Crippen LogP contribution >= 0.6 is 35.0 Å². The predicted molar refractivity (Wildman–Crippen MR) is 117 cm³/mol. The molecule has 0 amide bonds. The van der Waals surface area contributed by atoms with Crippen molar-refractivity contribution in [2.24, 2.45) is 0 Å². The molecule has 6 nitrogen and oxygen atoms in total. The van der Waals surface area contributed by atoms with Gasteiger partial charge in [0.1, 0.15) is 5.65 Å². The summed E-state index contributed by atoms with van der Waals surface area (Å²) in [7, 11) is 0. The molecular weight excluding hydrogens is 429 g/mol. The maximum atomic E-state index is 12.3. The first-order chi connectivity index (χ1) is 14.0. The second-order valence-corrected chi connectivity index (χ2v) is 7.98. The fraction of sp³-hybridized carbons (Fsp3) is 0.100. The molecule has 0 aliphatic rings. The Hall–Kier alpha value is -2.61. The summed E-state index contributed by atoms with van der Waals surface area (Å²) in [6, 6.07) is 12.4. The van der Waals surface area contributed by atoms with Crippen LogP contribution in [0.1, 0.15) is 5.69 Å². The van der Waals surface area contributed by atoms with Crippen LogP contribution in [0.5, 0.6) is 0 Å². The summed E-state index contributed by atoms with van der Waals surface area (Å²) >= 11 is 13.4. The minimum atomic E-state index is -0.178. The summed E-state index contributed by atoms with van der Waals surface area (Å²) < 4.78 is 3.39. The zero-order chi connectivity index (χ0) is 20.4. The maximum Gasteiger partial charge on any atom is 0.258 e. The average Bonchev–Trinajstić information content (AvgIpc) is 3.10. The van der Waals surface area contributed by atoms with Gasteiger partial charge in [0.05, 0.1) is 10.7 Å². The SMILES string of the molecule is C=CCn1c(SCc2cc(=O)n3cc(Cl)ccc3n2)nnc1-c1ccc(Cl)cc1. The van der Waals surface area contributed by atoms with E-state index in [0.717, 1.165) is 11.4 Å². The van der Waals surface area contributed by atoms with Crippen molar-refractivity contribution in [3.63, 3.8) is 0 Å². The van der Waals surface area contributed by atoms with Crippen molar-refractivity contribution in [3.05, 3.63) is 87.4 Å². The number of benzene rings is 1. The lowest BCUT2D eigenvalue weighted by Gasteiger charge is -2.08. The summed E-state index contributed by atoms with van der Waals surface area (Å²) in [5.74, 6) is 1.20. The molecule has 0 radical (unpaired) electrons. The van der Waals surface area contributed by atoms with E-state index in [2.05, 4.69) is 21.8 Å². The van der Waals surface area contributed by atoms with Gasteiger partial charge in [0.15, 0.2) is 11.0 Å². The van der Waals surface area contributed by atoms with Crippen LogP contribution in [0.4, 0.5) is 0 Å². The quantitative estimate of drug-likeness (QED) is 0.318. The van der Waals surface area contributed by atoms with Crippen LogP contribution in [0.15, 0.2) is 71.3 Å². The van der Waals surface area contributed by atoms with Crippen molar-refractivity contribution in [1.82, 2.24) is 24.1 Å². The van der Waals surface area contributed by atoms with Crippen molar-refractivity contribution in [1.29, 1.82) is 0 Å². The molecule has 9 heteroatoms. The smallest absolute Gasteiger partial charge is 0.258 e. The Labute approximate surface area is 180 Å². The van der Waals surface area contributed by atoms with Gasteiger partial charge in [0, 0.05) is 35.1 Å². The molecule has 0 bridgehead atoms. The Balaban J connectivity index is 1.62. The Morgan fingerprint density at radius 3 is 2.59 bits per heavy atom. The highest BCUT2D eigenvalue weighted by atomic mass is 35.5. The number of hydrogen-bond acceptors (Lipinski definition) is 5. The highest BCUT2D eigenvalue weighted by Gasteiger charge is 2.14. The minimum Gasteiger partial charge on any atom is -0.298 e. The van der Waals surface area contributed by atoms with Gasteiger partial charge in [0.2, 0.25) is 0 Å². The van der Waals surface area contributed by atoms with E-state index >= 15 is 0 Å². The van der Waals surface area contributed by atoms with Gasteiger partial charge in [-0.05, 0) is 36.4 Å². The Morgan fingerprint density at radius 1 is 1.07 bits per heavy atom. The molecule has 0 N–H and O–H groups in total. The average molecular weight is 444 g/mol. The molecule has 0 saturated carbocycles. The largest absolute Gasteiger partial charge is 0.298 e. The number of aromatic nitrogens is 5. The van der Waals surface area contributed by atoms with Crippen LogP contribution in [-0.2, 0) is 12.3 Å². The monoisotopic (exact) mass is 443 g/mol. The van der Waals surface area contributed by atoms with Crippen molar-refractivity contribution in [2.75, 3.05) is 0 Å². The molecule has 146 valence electrons. The Kier molecular flexibility index (Phi) is 5.71. The van der Waals surface area contributed by atoms with E-state index in [1.165, 1.54) is 22.2 Å². The summed E-state index contributed by atoms with van der Waals surface area (Å²) in [6.07, 6.45) is 3.35. The lowest BCUT2D eigenvalue weighted by Crippen LogP contribution is -2.15. The zero-order valence-electron chi connectivity index (χ0n) is 15.1. The number of rotatable bonds is 6. The first kappa shape index (κ1) is 19.7. The number of allylic oxidation sites excluding steroid dienone is 1. The highest BCUT2D eigenvalue weighted by molar-refractivity contribution is 7.98. The third-order valence-electron chi connectivity index (χ3n) is 4.16. The lowest BCUT2D eigenvalue weighted by molar-refractivity contribution is 0.731. The van der Waals surface area contributed by atoms with Crippen molar-refractivity contribution >= 4 is 40.6 Å². The second kappa shape index (κ2) is 8.41. The van der Waals surface area contributed by atoms with Gasteiger partial charge in [-0.3, -0.25) is 13.8 Å². The normalized spacial score (nSPS) is 11.1. The van der Waals surface area contributed by atoms with Crippen molar-refractivity contribution in [2.45, 2.75) is 17.5 Å². The minimum absolute atomic E-state index is 0.178. The standard InChI is InChI=1S/C20H15Cl2N5OS/c1-2-9-26-19(13-3-5-14(21)6-4-13)24-25-20(26)29-12-16-10-18(28)27-11-15(22)7-8-17(27)23-16/h2-8,10-11H,1,9,12H2.